The van der Waals surface area contributed by atoms with E-state index < -0.39 is 40.8 Å². The van der Waals surface area contributed by atoms with Gasteiger partial charge in [-0.3, -0.25) is 4.79 Å². The number of imide groups is 1. The van der Waals surface area contributed by atoms with Gasteiger partial charge >= 0.3 is 12.2 Å². The number of ether oxygens (including phenoxy) is 3. The maximum Gasteiger partial charge on any atom is 0.421 e. The molecule has 8 nitrogen and oxygen atoms in total. The number of nitrogens with one attached hydrogen (secondary N) is 1. The summed E-state index contributed by atoms with van der Waals surface area (Å²) >= 11 is 0. The molecule has 8 heteroatoms. The van der Waals surface area contributed by atoms with Gasteiger partial charge in [-0.25, -0.2) is 14.5 Å². The number of para-hydroxylation sites is 1. The third kappa shape index (κ3) is 5.52. The van der Waals surface area contributed by atoms with Gasteiger partial charge in [0.2, 0.25) is 0 Å². The first-order valence-corrected chi connectivity index (χ1v) is 13.1. The lowest BCUT2D eigenvalue weighted by Gasteiger charge is -2.38. The second-order valence-electron chi connectivity index (χ2n) is 11.7. The quantitative estimate of drug-likeness (QED) is 0.393. The summed E-state index contributed by atoms with van der Waals surface area (Å²) in [5.74, 6) is 0.0630. The van der Waals surface area contributed by atoms with E-state index in [2.05, 4.69) is 5.32 Å². The molecule has 0 saturated carbocycles. The molecule has 0 fully saturated rings. The van der Waals surface area contributed by atoms with Gasteiger partial charge in [-0.2, -0.15) is 0 Å². The smallest absolute Gasteiger partial charge is 0.421 e. The van der Waals surface area contributed by atoms with Crippen LogP contribution >= 0.6 is 0 Å². The first kappa shape index (κ1) is 28.7. The summed E-state index contributed by atoms with van der Waals surface area (Å²) in [7, 11) is 1.56. The number of hydrogen-bond acceptors (Lipinski definition) is 6. The van der Waals surface area contributed by atoms with Crippen molar-refractivity contribution in [2.45, 2.75) is 64.2 Å². The van der Waals surface area contributed by atoms with Crippen LogP contribution in [0.1, 0.15) is 64.3 Å². The van der Waals surface area contributed by atoms with Gasteiger partial charge in [0.1, 0.15) is 22.4 Å². The molecule has 3 amide bonds. The first-order chi connectivity index (χ1) is 18.8. The van der Waals surface area contributed by atoms with E-state index >= 15 is 0 Å². The minimum Gasteiger partial charge on any atom is -0.497 e. The predicted octanol–water partition coefficient (Wildman–Crippen LogP) is 6.53. The molecular formula is C32H36N2O6. The lowest BCUT2D eigenvalue weighted by atomic mass is 9.67. The van der Waals surface area contributed by atoms with Crippen LogP contribution in [-0.2, 0) is 19.7 Å². The van der Waals surface area contributed by atoms with Gasteiger partial charge in [-0.05, 0) is 76.4 Å². The summed E-state index contributed by atoms with van der Waals surface area (Å²) in [6.07, 6.45) is -1.50. The van der Waals surface area contributed by atoms with Crippen molar-refractivity contribution in [2.24, 2.45) is 0 Å². The largest absolute Gasteiger partial charge is 0.497 e. The Labute approximate surface area is 235 Å². The first-order valence-electron chi connectivity index (χ1n) is 13.1. The number of anilines is 1. The molecule has 1 unspecified atom stereocenters. The van der Waals surface area contributed by atoms with Crippen molar-refractivity contribution < 1.29 is 28.6 Å². The fourth-order valence-electron chi connectivity index (χ4n) is 4.98. The van der Waals surface area contributed by atoms with Gasteiger partial charge in [0.15, 0.2) is 0 Å². The summed E-state index contributed by atoms with van der Waals surface area (Å²) in [5.41, 5.74) is -1.02. The number of alkyl carbamates (subject to hydrolysis) is 1. The predicted molar refractivity (Wildman–Crippen MR) is 152 cm³/mol. The second-order valence-corrected chi connectivity index (χ2v) is 11.7. The third-order valence-corrected chi connectivity index (χ3v) is 6.46. The number of carbonyl (C=O) groups excluding carboxylic acids is 3. The van der Waals surface area contributed by atoms with E-state index in [1.807, 2.05) is 30.3 Å². The second kappa shape index (κ2) is 10.7. The summed E-state index contributed by atoms with van der Waals surface area (Å²) < 4.78 is 16.7. The number of hydrogen-bond donors (Lipinski definition) is 1. The number of methoxy groups -OCH3 is 1. The van der Waals surface area contributed by atoms with Crippen LogP contribution in [0.25, 0.3) is 0 Å². The Morgan fingerprint density at radius 2 is 1.38 bits per heavy atom. The van der Waals surface area contributed by atoms with Crippen molar-refractivity contribution >= 4 is 23.8 Å². The van der Waals surface area contributed by atoms with Crippen LogP contribution in [0.3, 0.4) is 0 Å². The summed E-state index contributed by atoms with van der Waals surface area (Å²) in [6.45, 7) is 10.5. The highest BCUT2D eigenvalue weighted by atomic mass is 16.6. The minimum absolute atomic E-state index is 0.384. The van der Waals surface area contributed by atoms with E-state index in [1.165, 1.54) is 0 Å². The van der Waals surface area contributed by atoms with E-state index in [9.17, 15) is 14.4 Å². The summed E-state index contributed by atoms with van der Waals surface area (Å²) in [4.78, 5) is 42.8. The van der Waals surface area contributed by atoms with Gasteiger partial charge in [0.05, 0.1) is 18.8 Å². The van der Waals surface area contributed by atoms with Crippen LogP contribution in [0.5, 0.6) is 5.75 Å². The van der Waals surface area contributed by atoms with Crippen LogP contribution in [0.2, 0.25) is 0 Å². The molecule has 0 aromatic heterocycles. The summed E-state index contributed by atoms with van der Waals surface area (Å²) in [6, 6.07) is 22.3. The average molecular weight is 545 g/mol. The van der Waals surface area contributed by atoms with E-state index in [-0.39, 0.29) is 0 Å². The van der Waals surface area contributed by atoms with Crippen molar-refractivity contribution in [3.8, 4) is 5.75 Å². The SMILES string of the molecule is COc1ccc([C@H](NC(=O)OC(C)(C)C)C2(c3ccccc3)C(=O)N(C(=O)OC(C)(C)C)c3ccccc32)cc1. The van der Waals surface area contributed by atoms with Crippen molar-refractivity contribution in [1.29, 1.82) is 0 Å². The fraction of sp³-hybridized carbons (Fsp3) is 0.344. The number of rotatable bonds is 5. The van der Waals surface area contributed by atoms with Gasteiger partial charge in [-0.15, -0.1) is 0 Å². The standard InChI is InChI=1S/C32H36N2O6/c1-30(2,3)39-28(36)33-26(21-17-19-23(38-7)20-18-21)32(22-13-9-8-10-14-22)24-15-11-12-16-25(24)34(27(32)35)29(37)40-31(4,5)6/h8-20,26H,1-7H3,(H,33,36)/t26-,32?/m0/s1. The van der Waals surface area contributed by atoms with E-state index in [0.717, 1.165) is 4.90 Å². The van der Waals surface area contributed by atoms with Crippen LogP contribution in [-0.4, -0.2) is 36.4 Å². The Morgan fingerprint density at radius 3 is 1.95 bits per heavy atom. The van der Waals surface area contributed by atoms with Crippen molar-refractivity contribution in [3.63, 3.8) is 0 Å². The Kier molecular flexibility index (Phi) is 7.65. The molecule has 1 aliphatic rings. The van der Waals surface area contributed by atoms with Crippen LogP contribution in [0.4, 0.5) is 15.3 Å². The Hall–Kier alpha value is -4.33. The highest BCUT2D eigenvalue weighted by molar-refractivity contribution is 6.23. The fourth-order valence-corrected chi connectivity index (χ4v) is 4.98. The van der Waals surface area contributed by atoms with Crippen molar-refractivity contribution in [1.82, 2.24) is 5.32 Å². The summed E-state index contributed by atoms with van der Waals surface area (Å²) in [5, 5.41) is 2.99. The van der Waals surface area contributed by atoms with Gasteiger partial charge < -0.3 is 19.5 Å². The number of carbonyl (C=O) groups is 3. The number of benzene rings is 3. The Balaban J connectivity index is 2.01. The minimum atomic E-state index is -1.54. The lowest BCUT2D eigenvalue weighted by molar-refractivity contribution is -0.122. The lowest BCUT2D eigenvalue weighted by Crippen LogP contribution is -2.53. The number of amides is 3. The molecule has 2 atom stereocenters. The van der Waals surface area contributed by atoms with E-state index in [0.29, 0.717) is 28.1 Å². The van der Waals surface area contributed by atoms with Gasteiger partial charge in [0, 0.05) is 0 Å². The maximum absolute atomic E-state index is 14.8. The molecular weight excluding hydrogens is 508 g/mol. The number of fused-ring (bicyclic) bond motifs is 1. The molecule has 1 heterocycles. The molecule has 0 bridgehead atoms. The molecule has 3 aromatic carbocycles. The third-order valence-electron chi connectivity index (χ3n) is 6.46. The van der Waals surface area contributed by atoms with Crippen LogP contribution in [0.15, 0.2) is 78.9 Å². The molecule has 0 aliphatic carbocycles. The Morgan fingerprint density at radius 1 is 0.800 bits per heavy atom. The van der Waals surface area contributed by atoms with Crippen LogP contribution in [0, 0.1) is 0 Å². The molecule has 0 spiro atoms. The van der Waals surface area contributed by atoms with Gasteiger partial charge in [0.25, 0.3) is 5.91 Å². The van der Waals surface area contributed by atoms with E-state index in [1.54, 1.807) is 97.2 Å². The normalized spacial score (nSPS) is 17.6. The molecule has 210 valence electrons. The molecule has 40 heavy (non-hydrogen) atoms. The molecule has 3 aromatic rings. The highest BCUT2D eigenvalue weighted by Crippen LogP contribution is 2.53. The van der Waals surface area contributed by atoms with Crippen molar-refractivity contribution in [2.75, 3.05) is 12.0 Å². The zero-order valence-corrected chi connectivity index (χ0v) is 24.0. The van der Waals surface area contributed by atoms with Gasteiger partial charge in [-0.1, -0.05) is 60.7 Å². The molecule has 1 N–H and O–H groups in total. The highest BCUT2D eigenvalue weighted by Gasteiger charge is 2.60. The van der Waals surface area contributed by atoms with E-state index in [4.69, 9.17) is 14.2 Å². The van der Waals surface area contributed by atoms with Crippen LogP contribution < -0.4 is 15.0 Å². The molecule has 1 aliphatic heterocycles. The average Bonchev–Trinajstić information content (AvgIpc) is 3.14. The zero-order valence-electron chi connectivity index (χ0n) is 24.0. The monoisotopic (exact) mass is 544 g/mol. The maximum atomic E-state index is 14.8. The Bertz CT molecular complexity index is 1390. The zero-order chi connectivity index (χ0) is 29.3. The number of nitrogens with zero attached hydrogens (tertiary/aromatic N) is 1. The molecule has 0 saturated heterocycles. The van der Waals surface area contributed by atoms with Crippen molar-refractivity contribution in [3.05, 3.63) is 95.6 Å². The topological polar surface area (TPSA) is 94.2 Å². The molecule has 4 rings (SSSR count). The molecule has 0 radical (unpaired) electrons.